The molecule has 0 spiro atoms. The van der Waals surface area contributed by atoms with Crippen LogP contribution in [0.4, 0.5) is 0 Å². The summed E-state index contributed by atoms with van der Waals surface area (Å²) in [5, 5.41) is 23.3. The van der Waals surface area contributed by atoms with E-state index in [9.17, 15) is 15.0 Å². The van der Waals surface area contributed by atoms with E-state index in [0.29, 0.717) is 12.8 Å². The van der Waals surface area contributed by atoms with E-state index < -0.39 is 12.1 Å². The Kier molecular flexibility index (Phi) is 52.2. The van der Waals surface area contributed by atoms with Crippen LogP contribution < -0.4 is 5.32 Å². The fraction of sp³-hybridized carbons (Fsp3) is 0.912. The SMILES string of the molecule is CCCCCCC/C=C\C/C=C\CCCCCCCCCCCCCC(=O)NC(CO)C(O)CCCCCCCCCCCCCCCCCCCCCCCCCCCC. The predicted molar refractivity (Wildman–Crippen MR) is 272 cm³/mol. The van der Waals surface area contributed by atoms with Crippen molar-refractivity contribution in [3.63, 3.8) is 0 Å². The van der Waals surface area contributed by atoms with E-state index in [-0.39, 0.29) is 12.5 Å². The van der Waals surface area contributed by atoms with Crippen molar-refractivity contribution in [3.8, 4) is 0 Å². The molecule has 2 unspecified atom stereocenters. The molecule has 0 radical (unpaired) electrons. The van der Waals surface area contributed by atoms with Gasteiger partial charge in [-0.15, -0.1) is 0 Å². The monoisotopic (exact) mass is 858 g/mol. The third-order valence-corrected chi connectivity index (χ3v) is 13.2. The maximum absolute atomic E-state index is 12.5. The molecule has 0 aliphatic heterocycles. The number of hydrogen-bond donors (Lipinski definition) is 3. The first-order valence-electron chi connectivity index (χ1n) is 28.0. The number of nitrogens with one attached hydrogen (secondary N) is 1. The number of carbonyl (C=O) groups is 1. The van der Waals surface area contributed by atoms with E-state index >= 15 is 0 Å². The number of hydrogen-bond acceptors (Lipinski definition) is 3. The lowest BCUT2D eigenvalue weighted by Crippen LogP contribution is -2.45. The molecule has 4 heteroatoms. The van der Waals surface area contributed by atoms with Crippen molar-refractivity contribution in [2.75, 3.05) is 6.61 Å². The molecule has 0 rings (SSSR count). The molecule has 0 saturated heterocycles. The highest BCUT2D eigenvalue weighted by atomic mass is 16.3. The summed E-state index contributed by atoms with van der Waals surface area (Å²) in [6, 6.07) is -0.537. The van der Waals surface area contributed by atoms with E-state index in [1.807, 2.05) is 0 Å². The quantitative estimate of drug-likeness (QED) is 0.0422. The molecule has 0 aromatic rings. The van der Waals surface area contributed by atoms with E-state index in [2.05, 4.69) is 43.5 Å². The minimum absolute atomic E-state index is 0.0288. The van der Waals surface area contributed by atoms with Gasteiger partial charge < -0.3 is 15.5 Å². The highest BCUT2D eigenvalue weighted by Gasteiger charge is 2.20. The number of unbranched alkanes of at least 4 members (excludes halogenated alkanes) is 41. The van der Waals surface area contributed by atoms with Crippen molar-refractivity contribution in [1.82, 2.24) is 5.32 Å². The molecule has 0 aromatic heterocycles. The summed E-state index contributed by atoms with van der Waals surface area (Å²) in [5.74, 6) is -0.0288. The van der Waals surface area contributed by atoms with E-state index in [4.69, 9.17) is 0 Å². The van der Waals surface area contributed by atoms with E-state index in [0.717, 1.165) is 32.1 Å². The topological polar surface area (TPSA) is 69.6 Å². The van der Waals surface area contributed by atoms with Gasteiger partial charge in [-0.25, -0.2) is 0 Å². The Morgan fingerprint density at radius 3 is 0.984 bits per heavy atom. The Morgan fingerprint density at radius 2 is 0.672 bits per heavy atom. The normalized spacial score (nSPS) is 12.9. The fourth-order valence-electron chi connectivity index (χ4n) is 8.92. The predicted octanol–water partition coefficient (Wildman–Crippen LogP) is 18.3. The molecule has 0 aliphatic rings. The van der Waals surface area contributed by atoms with Crippen LogP contribution in [0.2, 0.25) is 0 Å². The van der Waals surface area contributed by atoms with Crippen LogP contribution in [0.5, 0.6) is 0 Å². The Balaban J connectivity index is 3.44. The zero-order valence-corrected chi connectivity index (χ0v) is 41.7. The van der Waals surface area contributed by atoms with Crippen LogP contribution in [0.1, 0.15) is 316 Å². The van der Waals surface area contributed by atoms with Crippen LogP contribution in [-0.2, 0) is 4.79 Å². The van der Waals surface area contributed by atoms with Crippen LogP contribution in [0.25, 0.3) is 0 Å². The van der Waals surface area contributed by atoms with Crippen LogP contribution >= 0.6 is 0 Å². The van der Waals surface area contributed by atoms with Gasteiger partial charge in [0, 0.05) is 6.42 Å². The fourth-order valence-corrected chi connectivity index (χ4v) is 8.92. The number of amides is 1. The Hall–Kier alpha value is -1.13. The molecule has 61 heavy (non-hydrogen) atoms. The molecule has 0 fully saturated rings. The lowest BCUT2D eigenvalue weighted by molar-refractivity contribution is -0.123. The van der Waals surface area contributed by atoms with Gasteiger partial charge in [0.1, 0.15) is 0 Å². The van der Waals surface area contributed by atoms with Gasteiger partial charge in [0.25, 0.3) is 0 Å². The minimum Gasteiger partial charge on any atom is -0.394 e. The van der Waals surface area contributed by atoms with Crippen LogP contribution in [0.3, 0.4) is 0 Å². The summed E-state index contributed by atoms with van der Waals surface area (Å²) in [6.07, 6.45) is 70.2. The summed E-state index contributed by atoms with van der Waals surface area (Å²) in [4.78, 5) is 12.5. The standard InChI is InChI=1S/C57H111NO3/c1-3-5-7-9-11-13-15-17-19-21-23-25-27-28-29-31-32-34-36-38-40-42-44-46-48-50-52-56(60)55(54-59)58-57(61)53-51-49-47-45-43-41-39-37-35-33-30-26-24-22-20-18-16-14-12-10-8-6-4-2/h16,18,22,24,55-56,59-60H,3-15,17,19-21,23,25-54H2,1-2H3,(H,58,61)/b18-16-,24-22-. The Labute approximate surface area is 383 Å². The van der Waals surface area contributed by atoms with Crippen molar-refractivity contribution in [3.05, 3.63) is 24.3 Å². The molecule has 362 valence electrons. The molecule has 0 aromatic carbocycles. The second kappa shape index (κ2) is 53.2. The third-order valence-electron chi connectivity index (χ3n) is 13.2. The molecule has 0 heterocycles. The van der Waals surface area contributed by atoms with Crippen molar-refractivity contribution in [1.29, 1.82) is 0 Å². The molecule has 2 atom stereocenters. The molecule has 1 amide bonds. The number of aliphatic hydroxyl groups excluding tert-OH is 2. The molecular formula is C57H111NO3. The third kappa shape index (κ3) is 49.7. The second-order valence-electron chi connectivity index (χ2n) is 19.4. The molecule has 0 saturated carbocycles. The lowest BCUT2D eigenvalue weighted by atomic mass is 10.0. The summed E-state index contributed by atoms with van der Waals surface area (Å²) in [5.41, 5.74) is 0. The van der Waals surface area contributed by atoms with Gasteiger partial charge in [-0.2, -0.15) is 0 Å². The van der Waals surface area contributed by atoms with Gasteiger partial charge in [-0.05, 0) is 44.9 Å². The van der Waals surface area contributed by atoms with Gasteiger partial charge in [0.2, 0.25) is 5.91 Å². The average Bonchev–Trinajstić information content (AvgIpc) is 3.26. The van der Waals surface area contributed by atoms with E-state index in [1.165, 1.54) is 257 Å². The van der Waals surface area contributed by atoms with Crippen molar-refractivity contribution < 1.29 is 15.0 Å². The van der Waals surface area contributed by atoms with Gasteiger partial charge in [0.05, 0.1) is 18.8 Å². The maximum atomic E-state index is 12.5. The van der Waals surface area contributed by atoms with Gasteiger partial charge in [0.15, 0.2) is 0 Å². The first kappa shape index (κ1) is 59.9. The highest BCUT2D eigenvalue weighted by Crippen LogP contribution is 2.18. The summed E-state index contributed by atoms with van der Waals surface area (Å²) in [6.45, 7) is 4.38. The smallest absolute Gasteiger partial charge is 0.220 e. The largest absolute Gasteiger partial charge is 0.394 e. The molecular weight excluding hydrogens is 747 g/mol. The van der Waals surface area contributed by atoms with Crippen LogP contribution in [0.15, 0.2) is 24.3 Å². The number of aliphatic hydroxyl groups is 2. The molecule has 3 N–H and O–H groups in total. The summed E-state index contributed by atoms with van der Waals surface area (Å²) in [7, 11) is 0. The van der Waals surface area contributed by atoms with Gasteiger partial charge in [-0.1, -0.05) is 289 Å². The van der Waals surface area contributed by atoms with Crippen molar-refractivity contribution in [2.45, 2.75) is 328 Å². The number of allylic oxidation sites excluding steroid dienone is 4. The van der Waals surface area contributed by atoms with Gasteiger partial charge in [-0.3, -0.25) is 4.79 Å². The molecule has 0 bridgehead atoms. The summed E-state index contributed by atoms with van der Waals surface area (Å²) < 4.78 is 0. The number of rotatable bonds is 52. The molecule has 0 aliphatic carbocycles. The van der Waals surface area contributed by atoms with Crippen molar-refractivity contribution >= 4 is 5.91 Å². The van der Waals surface area contributed by atoms with Crippen molar-refractivity contribution in [2.24, 2.45) is 0 Å². The zero-order valence-electron chi connectivity index (χ0n) is 41.7. The maximum Gasteiger partial charge on any atom is 0.220 e. The zero-order chi connectivity index (χ0) is 44.2. The van der Waals surface area contributed by atoms with Gasteiger partial charge >= 0.3 is 0 Å². The Bertz CT molecular complexity index is 886. The first-order chi connectivity index (χ1) is 30.2. The van der Waals surface area contributed by atoms with Crippen LogP contribution in [0, 0.1) is 0 Å². The second-order valence-corrected chi connectivity index (χ2v) is 19.4. The summed E-state index contributed by atoms with van der Waals surface area (Å²) >= 11 is 0. The molecule has 4 nitrogen and oxygen atoms in total. The Morgan fingerprint density at radius 1 is 0.393 bits per heavy atom. The van der Waals surface area contributed by atoms with E-state index in [1.54, 1.807) is 0 Å². The first-order valence-corrected chi connectivity index (χ1v) is 28.0. The lowest BCUT2D eigenvalue weighted by Gasteiger charge is -2.22. The highest BCUT2D eigenvalue weighted by molar-refractivity contribution is 5.76. The minimum atomic E-state index is -0.660. The number of carbonyl (C=O) groups excluding carboxylic acids is 1. The van der Waals surface area contributed by atoms with Crippen LogP contribution in [-0.4, -0.2) is 34.9 Å². The average molecular weight is 859 g/mol.